The molecule has 0 atom stereocenters. The summed E-state index contributed by atoms with van der Waals surface area (Å²) in [7, 11) is -4.02. The maximum absolute atomic E-state index is 12.6. The second-order valence-corrected chi connectivity index (χ2v) is 6.55. The molecular formula is C14H18N2O5S. The van der Waals surface area contributed by atoms with Crippen LogP contribution in [0, 0.1) is 6.92 Å². The van der Waals surface area contributed by atoms with Gasteiger partial charge in [-0.1, -0.05) is 12.1 Å². The average Bonchev–Trinajstić information content (AvgIpc) is 2.39. The lowest BCUT2D eigenvalue weighted by atomic mass is 10.2. The first kappa shape index (κ1) is 17.9. The number of amides is 1. The normalized spacial score (nSPS) is 11.2. The predicted molar refractivity (Wildman–Crippen MR) is 82.1 cm³/mol. The van der Waals surface area contributed by atoms with E-state index in [1.165, 1.54) is 19.1 Å². The van der Waals surface area contributed by atoms with Gasteiger partial charge in [-0.05, 0) is 24.6 Å². The minimum absolute atomic E-state index is 0.0538. The first-order valence-corrected chi connectivity index (χ1v) is 7.83. The highest BCUT2D eigenvalue weighted by Crippen LogP contribution is 2.23. The fourth-order valence-electron chi connectivity index (χ4n) is 1.84. The van der Waals surface area contributed by atoms with Crippen molar-refractivity contribution in [3.05, 3.63) is 36.4 Å². The molecule has 7 nitrogen and oxygen atoms in total. The lowest BCUT2D eigenvalue weighted by Crippen LogP contribution is -2.36. The number of sulfonamides is 1. The number of hydrogen-bond donors (Lipinski definition) is 2. The molecule has 120 valence electrons. The molecule has 0 heterocycles. The Morgan fingerprint density at radius 3 is 2.55 bits per heavy atom. The molecule has 0 spiro atoms. The number of hydrogen-bond acceptors (Lipinski definition) is 4. The summed E-state index contributed by atoms with van der Waals surface area (Å²) in [6, 6.07) is 4.43. The summed E-state index contributed by atoms with van der Waals surface area (Å²) < 4.78 is 26.0. The Bertz CT molecular complexity index is 697. The van der Waals surface area contributed by atoms with Gasteiger partial charge in [0.2, 0.25) is 15.9 Å². The van der Waals surface area contributed by atoms with Crippen LogP contribution in [-0.2, 0) is 19.6 Å². The third-order valence-electron chi connectivity index (χ3n) is 2.77. The molecule has 1 aromatic carbocycles. The molecule has 0 aliphatic rings. The van der Waals surface area contributed by atoms with Crippen LogP contribution >= 0.6 is 0 Å². The number of carbonyl (C=O) groups excluding carboxylic acids is 1. The molecule has 0 aliphatic carbocycles. The van der Waals surface area contributed by atoms with Crippen molar-refractivity contribution in [1.29, 1.82) is 0 Å². The summed E-state index contributed by atoms with van der Waals surface area (Å²) in [5.74, 6) is -1.60. The van der Waals surface area contributed by atoms with E-state index < -0.39 is 22.5 Å². The number of carbonyl (C=O) groups is 2. The number of nitrogens with zero attached hydrogens (tertiary/aromatic N) is 1. The molecule has 0 unspecified atom stereocenters. The highest BCUT2D eigenvalue weighted by atomic mass is 32.2. The molecule has 0 aromatic heterocycles. The molecule has 1 amide bonds. The predicted octanol–water partition coefficient (Wildman–Crippen LogP) is 1.21. The minimum atomic E-state index is -4.02. The minimum Gasteiger partial charge on any atom is -0.480 e. The first-order valence-electron chi connectivity index (χ1n) is 6.39. The number of aryl methyl sites for hydroxylation is 1. The van der Waals surface area contributed by atoms with Crippen molar-refractivity contribution >= 4 is 27.6 Å². The van der Waals surface area contributed by atoms with Gasteiger partial charge in [-0.3, -0.25) is 9.59 Å². The number of anilines is 1. The number of nitrogens with one attached hydrogen (secondary N) is 1. The zero-order valence-corrected chi connectivity index (χ0v) is 13.2. The van der Waals surface area contributed by atoms with Gasteiger partial charge in [-0.25, -0.2) is 8.42 Å². The van der Waals surface area contributed by atoms with E-state index in [9.17, 15) is 18.0 Å². The summed E-state index contributed by atoms with van der Waals surface area (Å²) in [5.41, 5.74) is 0.777. The maximum Gasteiger partial charge on any atom is 0.318 e. The Morgan fingerprint density at radius 1 is 1.41 bits per heavy atom. The number of rotatable bonds is 7. The molecule has 0 saturated carbocycles. The second kappa shape index (κ2) is 7.19. The Balaban J connectivity index is 3.32. The highest BCUT2D eigenvalue weighted by molar-refractivity contribution is 7.89. The van der Waals surface area contributed by atoms with E-state index in [-0.39, 0.29) is 17.3 Å². The van der Waals surface area contributed by atoms with E-state index in [1.807, 2.05) is 0 Å². The quantitative estimate of drug-likeness (QED) is 0.733. The van der Waals surface area contributed by atoms with Crippen molar-refractivity contribution in [3.63, 3.8) is 0 Å². The average molecular weight is 326 g/mol. The van der Waals surface area contributed by atoms with E-state index in [0.29, 0.717) is 11.3 Å². The molecular weight excluding hydrogens is 308 g/mol. The van der Waals surface area contributed by atoms with Crippen LogP contribution in [0.15, 0.2) is 35.7 Å². The largest absolute Gasteiger partial charge is 0.480 e. The molecule has 1 rings (SSSR count). The van der Waals surface area contributed by atoms with Gasteiger partial charge in [0.25, 0.3) is 0 Å². The Hall–Kier alpha value is -2.19. The van der Waals surface area contributed by atoms with Crippen LogP contribution in [0.25, 0.3) is 0 Å². The molecule has 0 fully saturated rings. The fraction of sp³-hybridized carbons (Fsp3) is 0.286. The summed E-state index contributed by atoms with van der Waals surface area (Å²) in [5, 5.41) is 11.4. The van der Waals surface area contributed by atoms with Crippen LogP contribution in [0.5, 0.6) is 0 Å². The number of aliphatic carboxylic acids is 1. The third kappa shape index (κ3) is 4.40. The Kier molecular flexibility index (Phi) is 5.84. The van der Waals surface area contributed by atoms with E-state index in [4.69, 9.17) is 5.11 Å². The third-order valence-corrected chi connectivity index (χ3v) is 4.72. The van der Waals surface area contributed by atoms with Crippen LogP contribution in [-0.4, -0.2) is 42.8 Å². The van der Waals surface area contributed by atoms with E-state index in [1.54, 1.807) is 19.1 Å². The van der Waals surface area contributed by atoms with Gasteiger partial charge in [0.15, 0.2) is 0 Å². The standard InChI is InChI=1S/C14H18N2O5S/c1-4-7-16(9-14(18)19)22(20,21)13-8-12(15-11(3)17)6-5-10(13)2/h4-6,8H,1,7,9H2,2-3H3,(H,15,17)(H,18,19). The molecule has 1 aromatic rings. The number of carboxylic acid groups (broad SMARTS) is 1. The van der Waals surface area contributed by atoms with Gasteiger partial charge >= 0.3 is 5.97 Å². The highest BCUT2D eigenvalue weighted by Gasteiger charge is 2.27. The van der Waals surface area contributed by atoms with Gasteiger partial charge in [0.1, 0.15) is 6.54 Å². The fourth-order valence-corrected chi connectivity index (χ4v) is 3.45. The Labute approximate surface area is 129 Å². The van der Waals surface area contributed by atoms with Gasteiger partial charge in [0.05, 0.1) is 4.90 Å². The van der Waals surface area contributed by atoms with Crippen molar-refractivity contribution in [2.24, 2.45) is 0 Å². The molecule has 8 heteroatoms. The van der Waals surface area contributed by atoms with Crippen molar-refractivity contribution in [3.8, 4) is 0 Å². The van der Waals surface area contributed by atoms with Crippen molar-refractivity contribution in [2.75, 3.05) is 18.4 Å². The van der Waals surface area contributed by atoms with Crippen molar-refractivity contribution in [1.82, 2.24) is 4.31 Å². The van der Waals surface area contributed by atoms with Crippen LogP contribution in [0.3, 0.4) is 0 Å². The smallest absolute Gasteiger partial charge is 0.318 e. The summed E-state index contributed by atoms with van der Waals surface area (Å²) in [6.07, 6.45) is 1.31. The molecule has 0 radical (unpaired) electrons. The van der Waals surface area contributed by atoms with Gasteiger partial charge < -0.3 is 10.4 Å². The summed E-state index contributed by atoms with van der Waals surface area (Å²) >= 11 is 0. The van der Waals surface area contributed by atoms with Crippen molar-refractivity contribution in [2.45, 2.75) is 18.7 Å². The molecule has 0 saturated heterocycles. The van der Waals surface area contributed by atoms with Gasteiger partial charge in [-0.15, -0.1) is 6.58 Å². The summed E-state index contributed by atoms with van der Waals surface area (Å²) in [4.78, 5) is 21.9. The van der Waals surface area contributed by atoms with Crippen LogP contribution in [0.4, 0.5) is 5.69 Å². The van der Waals surface area contributed by atoms with Crippen molar-refractivity contribution < 1.29 is 23.1 Å². The monoisotopic (exact) mass is 326 g/mol. The topological polar surface area (TPSA) is 104 Å². The molecule has 22 heavy (non-hydrogen) atoms. The zero-order valence-electron chi connectivity index (χ0n) is 12.4. The summed E-state index contributed by atoms with van der Waals surface area (Å²) in [6.45, 7) is 5.55. The number of benzene rings is 1. The van der Waals surface area contributed by atoms with E-state index in [2.05, 4.69) is 11.9 Å². The zero-order chi connectivity index (χ0) is 16.9. The van der Waals surface area contributed by atoms with E-state index >= 15 is 0 Å². The number of carboxylic acids is 1. The Morgan fingerprint density at radius 2 is 2.05 bits per heavy atom. The lowest BCUT2D eigenvalue weighted by Gasteiger charge is -2.20. The van der Waals surface area contributed by atoms with Crippen LogP contribution in [0.1, 0.15) is 12.5 Å². The SMILES string of the molecule is C=CCN(CC(=O)O)S(=O)(=O)c1cc(NC(C)=O)ccc1C. The second-order valence-electron chi connectivity index (χ2n) is 4.64. The van der Waals surface area contributed by atoms with Crippen LogP contribution < -0.4 is 5.32 Å². The molecule has 0 bridgehead atoms. The van der Waals surface area contributed by atoms with Crippen LogP contribution in [0.2, 0.25) is 0 Å². The van der Waals surface area contributed by atoms with Gasteiger partial charge in [0, 0.05) is 19.2 Å². The van der Waals surface area contributed by atoms with E-state index in [0.717, 1.165) is 4.31 Å². The maximum atomic E-state index is 12.6. The van der Waals surface area contributed by atoms with Gasteiger partial charge in [-0.2, -0.15) is 4.31 Å². The molecule has 2 N–H and O–H groups in total. The first-order chi connectivity index (χ1) is 10.2. The molecule has 0 aliphatic heterocycles. The lowest BCUT2D eigenvalue weighted by molar-refractivity contribution is -0.137.